The largest absolute Gasteiger partial charge is 0.497 e. The molecule has 0 aliphatic carbocycles. The zero-order valence-electron chi connectivity index (χ0n) is 19.0. The zero-order valence-corrected chi connectivity index (χ0v) is 19.0. The summed E-state index contributed by atoms with van der Waals surface area (Å²) in [6.07, 6.45) is 6.31. The number of ether oxygens (including phenoxy) is 2. The summed E-state index contributed by atoms with van der Waals surface area (Å²) < 4.78 is 10.2. The normalized spacial score (nSPS) is 11.2. The van der Waals surface area contributed by atoms with Crippen molar-refractivity contribution in [3.8, 4) is 5.75 Å². The second-order valence-electron chi connectivity index (χ2n) is 7.21. The van der Waals surface area contributed by atoms with Crippen LogP contribution in [0.1, 0.15) is 35.7 Å². The summed E-state index contributed by atoms with van der Waals surface area (Å²) in [4.78, 5) is 35.9. The Kier molecular flexibility index (Phi) is 11.0. The highest BCUT2D eigenvalue weighted by molar-refractivity contribution is 5.93. The predicted molar refractivity (Wildman–Crippen MR) is 128 cm³/mol. The number of rotatable bonds is 12. The molecule has 2 aromatic rings. The minimum absolute atomic E-state index is 0.00659. The first kappa shape index (κ1) is 25.4. The molecule has 0 aliphatic rings. The third kappa shape index (κ3) is 9.86. The van der Waals surface area contributed by atoms with E-state index in [9.17, 15) is 14.4 Å². The van der Waals surface area contributed by atoms with E-state index in [2.05, 4.69) is 10.6 Å². The number of carbonyl (C=O) groups excluding carboxylic acids is 3. The number of hydrogen-bond donors (Lipinski definition) is 2. The number of methoxy groups -OCH3 is 1. The molecule has 7 nitrogen and oxygen atoms in total. The van der Waals surface area contributed by atoms with E-state index < -0.39 is 5.97 Å². The van der Waals surface area contributed by atoms with Gasteiger partial charge in [0.2, 0.25) is 11.8 Å². The lowest BCUT2D eigenvalue weighted by molar-refractivity contribution is -0.118. The molecule has 174 valence electrons. The molecule has 33 heavy (non-hydrogen) atoms. The SMILES string of the molecule is COc1ccc(C(=O)OC/C=C(\C)C(=O)NCCCCNC(=O)/C=C/c2ccccc2)cc1. The van der Waals surface area contributed by atoms with Crippen LogP contribution in [0.2, 0.25) is 0 Å². The van der Waals surface area contributed by atoms with E-state index in [1.807, 2.05) is 30.3 Å². The van der Waals surface area contributed by atoms with Gasteiger partial charge in [0.15, 0.2) is 0 Å². The maximum Gasteiger partial charge on any atom is 0.338 e. The molecule has 2 rings (SSSR count). The van der Waals surface area contributed by atoms with Crippen LogP contribution >= 0.6 is 0 Å². The molecule has 0 fully saturated rings. The molecule has 0 radical (unpaired) electrons. The highest BCUT2D eigenvalue weighted by Crippen LogP contribution is 2.12. The molecule has 0 saturated carbocycles. The molecule has 0 aliphatic heterocycles. The number of nitrogens with one attached hydrogen (secondary N) is 2. The lowest BCUT2D eigenvalue weighted by Gasteiger charge is -2.07. The Bertz CT molecular complexity index is 966. The van der Waals surface area contributed by atoms with Crippen LogP contribution in [0.25, 0.3) is 6.08 Å². The highest BCUT2D eigenvalue weighted by atomic mass is 16.5. The summed E-state index contributed by atoms with van der Waals surface area (Å²) >= 11 is 0. The summed E-state index contributed by atoms with van der Waals surface area (Å²) in [5.74, 6) is -0.180. The van der Waals surface area contributed by atoms with Crippen molar-refractivity contribution in [2.75, 3.05) is 26.8 Å². The van der Waals surface area contributed by atoms with Gasteiger partial charge in [-0.2, -0.15) is 0 Å². The van der Waals surface area contributed by atoms with Gasteiger partial charge in [-0.1, -0.05) is 30.3 Å². The molecule has 7 heteroatoms. The average molecular weight is 451 g/mol. The summed E-state index contributed by atoms with van der Waals surface area (Å²) in [6, 6.07) is 16.2. The van der Waals surface area contributed by atoms with Gasteiger partial charge in [0.05, 0.1) is 12.7 Å². The van der Waals surface area contributed by atoms with Crippen molar-refractivity contribution in [3.63, 3.8) is 0 Å². The molecule has 0 bridgehead atoms. The van der Waals surface area contributed by atoms with Crippen LogP contribution in [0.4, 0.5) is 0 Å². The molecule has 0 saturated heterocycles. The topological polar surface area (TPSA) is 93.7 Å². The number of benzene rings is 2. The Balaban J connectivity index is 1.57. The van der Waals surface area contributed by atoms with Crippen molar-refractivity contribution < 1.29 is 23.9 Å². The first-order valence-corrected chi connectivity index (χ1v) is 10.8. The van der Waals surface area contributed by atoms with Crippen molar-refractivity contribution in [2.45, 2.75) is 19.8 Å². The first-order valence-electron chi connectivity index (χ1n) is 10.8. The minimum Gasteiger partial charge on any atom is -0.497 e. The number of unbranched alkanes of at least 4 members (excludes halogenated alkanes) is 1. The smallest absolute Gasteiger partial charge is 0.338 e. The number of carbonyl (C=O) groups is 3. The van der Waals surface area contributed by atoms with Crippen molar-refractivity contribution in [2.24, 2.45) is 0 Å². The molecule has 2 N–H and O–H groups in total. The molecule has 0 heterocycles. The zero-order chi connectivity index (χ0) is 23.9. The van der Waals surface area contributed by atoms with Crippen molar-refractivity contribution in [1.29, 1.82) is 0 Å². The highest BCUT2D eigenvalue weighted by Gasteiger charge is 2.07. The fourth-order valence-electron chi connectivity index (χ4n) is 2.74. The van der Waals surface area contributed by atoms with Crippen molar-refractivity contribution >= 4 is 23.9 Å². The Morgan fingerprint density at radius 3 is 2.24 bits per heavy atom. The van der Waals surface area contributed by atoms with Gasteiger partial charge in [-0.05, 0) is 61.7 Å². The Morgan fingerprint density at radius 1 is 0.909 bits per heavy atom. The van der Waals surface area contributed by atoms with Crippen LogP contribution in [-0.2, 0) is 14.3 Å². The van der Waals surface area contributed by atoms with E-state index in [0.29, 0.717) is 30.0 Å². The number of amides is 2. The van der Waals surface area contributed by atoms with E-state index >= 15 is 0 Å². The molecular formula is C26H30N2O5. The fraction of sp³-hybridized carbons (Fsp3) is 0.269. The van der Waals surface area contributed by atoms with Gasteiger partial charge in [0, 0.05) is 24.7 Å². The maximum atomic E-state index is 12.1. The lowest BCUT2D eigenvalue weighted by Crippen LogP contribution is -2.27. The number of esters is 1. The Morgan fingerprint density at radius 2 is 1.58 bits per heavy atom. The van der Waals surface area contributed by atoms with Crippen molar-refractivity contribution in [1.82, 2.24) is 10.6 Å². The van der Waals surface area contributed by atoms with Crippen LogP contribution in [0.3, 0.4) is 0 Å². The number of hydrogen-bond acceptors (Lipinski definition) is 5. The Hall–Kier alpha value is -3.87. The maximum absolute atomic E-state index is 12.1. The van der Waals surface area contributed by atoms with Crippen LogP contribution in [-0.4, -0.2) is 44.6 Å². The van der Waals surface area contributed by atoms with Crippen LogP contribution in [0, 0.1) is 0 Å². The van der Waals surface area contributed by atoms with E-state index in [1.54, 1.807) is 50.5 Å². The van der Waals surface area contributed by atoms with E-state index in [-0.39, 0.29) is 18.4 Å². The van der Waals surface area contributed by atoms with Gasteiger partial charge in [0.1, 0.15) is 12.4 Å². The summed E-state index contributed by atoms with van der Waals surface area (Å²) in [5.41, 5.74) is 1.85. The summed E-state index contributed by atoms with van der Waals surface area (Å²) in [6.45, 7) is 2.69. The van der Waals surface area contributed by atoms with Crippen LogP contribution < -0.4 is 15.4 Å². The summed E-state index contributed by atoms with van der Waals surface area (Å²) in [5, 5.41) is 5.63. The molecule has 0 spiro atoms. The monoisotopic (exact) mass is 450 g/mol. The standard InChI is InChI=1S/C26H30N2O5/c1-20(16-19-33-26(31)22-11-13-23(32-2)14-12-22)25(30)28-18-7-6-17-27-24(29)15-10-21-8-4-3-5-9-21/h3-5,8-16H,6-7,17-19H2,1-2H3,(H,27,29)(H,28,30)/b15-10+,20-16+. The predicted octanol–water partition coefficient (Wildman–Crippen LogP) is 3.52. The lowest BCUT2D eigenvalue weighted by atomic mass is 10.2. The quantitative estimate of drug-likeness (QED) is 0.293. The van der Waals surface area contributed by atoms with Gasteiger partial charge in [-0.3, -0.25) is 9.59 Å². The van der Waals surface area contributed by atoms with Gasteiger partial charge in [-0.25, -0.2) is 4.79 Å². The van der Waals surface area contributed by atoms with Crippen LogP contribution in [0.15, 0.2) is 72.3 Å². The van der Waals surface area contributed by atoms with Gasteiger partial charge in [-0.15, -0.1) is 0 Å². The summed E-state index contributed by atoms with van der Waals surface area (Å²) in [7, 11) is 1.55. The Labute approximate surface area is 194 Å². The van der Waals surface area contributed by atoms with Gasteiger partial charge in [0.25, 0.3) is 0 Å². The fourth-order valence-corrected chi connectivity index (χ4v) is 2.74. The molecular weight excluding hydrogens is 420 g/mol. The van der Waals surface area contributed by atoms with Gasteiger partial charge < -0.3 is 20.1 Å². The van der Waals surface area contributed by atoms with Gasteiger partial charge >= 0.3 is 5.97 Å². The second-order valence-corrected chi connectivity index (χ2v) is 7.21. The molecule has 0 aromatic heterocycles. The molecule has 2 aromatic carbocycles. The first-order chi connectivity index (χ1) is 16.0. The van der Waals surface area contributed by atoms with Crippen LogP contribution in [0.5, 0.6) is 5.75 Å². The third-order valence-corrected chi connectivity index (χ3v) is 4.70. The molecule has 2 amide bonds. The van der Waals surface area contributed by atoms with E-state index in [0.717, 1.165) is 18.4 Å². The van der Waals surface area contributed by atoms with Crippen molar-refractivity contribution in [3.05, 3.63) is 83.4 Å². The average Bonchev–Trinajstić information content (AvgIpc) is 2.85. The minimum atomic E-state index is -0.470. The third-order valence-electron chi connectivity index (χ3n) is 4.70. The van der Waals surface area contributed by atoms with E-state index in [1.165, 1.54) is 6.08 Å². The molecule has 0 atom stereocenters. The second kappa shape index (κ2) is 14.2. The van der Waals surface area contributed by atoms with E-state index in [4.69, 9.17) is 9.47 Å². The molecule has 0 unspecified atom stereocenters.